The molecule has 102 valence electrons. The average molecular weight is 260 g/mol. The number of hydrogen-bond acceptors (Lipinski definition) is 3. The van der Waals surface area contributed by atoms with E-state index in [0.29, 0.717) is 0 Å². The van der Waals surface area contributed by atoms with Gasteiger partial charge in [0, 0.05) is 26.2 Å². The molecule has 1 aromatic rings. The Bertz CT molecular complexity index is 481. The van der Waals surface area contributed by atoms with Crippen LogP contribution in [0.25, 0.3) is 0 Å². The van der Waals surface area contributed by atoms with Crippen molar-refractivity contribution in [2.24, 2.45) is 0 Å². The van der Waals surface area contributed by atoms with Crippen molar-refractivity contribution in [1.82, 2.24) is 10.2 Å². The lowest BCUT2D eigenvalue weighted by Crippen LogP contribution is -2.47. The summed E-state index contributed by atoms with van der Waals surface area (Å²) in [7, 11) is 0. The van der Waals surface area contributed by atoms with Crippen LogP contribution in [0.1, 0.15) is 29.2 Å². The summed E-state index contributed by atoms with van der Waals surface area (Å²) in [4.78, 5) is 13.7. The first kappa shape index (κ1) is 12.6. The number of nitrogens with one attached hydrogen (secondary N) is 1. The second kappa shape index (κ2) is 5.31. The fraction of sp³-hybridized carbons (Fsp3) is 0.533. The van der Waals surface area contributed by atoms with Gasteiger partial charge in [-0.3, -0.25) is 9.69 Å². The van der Waals surface area contributed by atoms with Crippen molar-refractivity contribution in [2.45, 2.75) is 25.3 Å². The lowest BCUT2D eigenvalue weighted by Gasteiger charge is -2.32. The van der Waals surface area contributed by atoms with E-state index in [-0.39, 0.29) is 0 Å². The van der Waals surface area contributed by atoms with Crippen LogP contribution >= 0.6 is 0 Å². The molecule has 3 rings (SSSR count). The van der Waals surface area contributed by atoms with E-state index in [2.05, 4.69) is 22.3 Å². The molecule has 1 aliphatic heterocycles. The molecule has 2 aliphatic rings. The topological polar surface area (TPSA) is 52.6 Å². The number of benzene rings is 1. The summed E-state index contributed by atoms with van der Waals surface area (Å²) in [5.74, 6) is -0.736. The molecule has 0 amide bonds. The molecule has 0 aromatic heterocycles. The molecular weight excluding hydrogens is 240 g/mol. The number of piperazine rings is 1. The number of rotatable bonds is 3. The second-order valence-electron chi connectivity index (χ2n) is 5.41. The fourth-order valence-electron chi connectivity index (χ4n) is 3.21. The van der Waals surface area contributed by atoms with Crippen molar-refractivity contribution >= 4 is 5.97 Å². The molecular formula is C15H20N2O2. The van der Waals surface area contributed by atoms with Gasteiger partial charge in [0.15, 0.2) is 0 Å². The van der Waals surface area contributed by atoms with E-state index in [0.717, 1.165) is 44.6 Å². The highest BCUT2D eigenvalue weighted by Gasteiger charge is 2.29. The Labute approximate surface area is 113 Å². The minimum Gasteiger partial charge on any atom is -0.480 e. The third-order valence-electron chi connectivity index (χ3n) is 4.19. The summed E-state index contributed by atoms with van der Waals surface area (Å²) in [6.07, 6.45) is 3.43. The van der Waals surface area contributed by atoms with E-state index in [1.165, 1.54) is 17.5 Å². The number of nitrogens with zero attached hydrogens (tertiary/aromatic N) is 1. The number of aryl methyl sites for hydroxylation is 2. The largest absolute Gasteiger partial charge is 0.480 e. The first-order valence-electron chi connectivity index (χ1n) is 7.05. The molecule has 1 atom stereocenters. The Morgan fingerprint density at radius 1 is 1.21 bits per heavy atom. The maximum atomic E-state index is 11.6. The average Bonchev–Trinajstić information content (AvgIpc) is 2.87. The highest BCUT2D eigenvalue weighted by molar-refractivity contribution is 5.75. The smallest absolute Gasteiger partial charge is 0.325 e. The van der Waals surface area contributed by atoms with Gasteiger partial charge in [0.1, 0.15) is 6.04 Å². The maximum Gasteiger partial charge on any atom is 0.325 e. The molecule has 0 bridgehead atoms. The minimum atomic E-state index is -0.736. The summed E-state index contributed by atoms with van der Waals surface area (Å²) < 4.78 is 0. The Balaban J connectivity index is 1.89. The zero-order chi connectivity index (χ0) is 13.2. The molecule has 19 heavy (non-hydrogen) atoms. The standard InChI is InChI=1S/C15H20N2O2/c18-15(19)14(17-8-6-16-7-9-17)13-5-4-11-2-1-3-12(11)10-13/h4-5,10,14,16H,1-3,6-9H2,(H,18,19). The van der Waals surface area contributed by atoms with Crippen molar-refractivity contribution in [3.05, 3.63) is 34.9 Å². The lowest BCUT2D eigenvalue weighted by molar-refractivity contribution is -0.143. The predicted octanol–water partition coefficient (Wildman–Crippen LogP) is 1.21. The molecule has 1 saturated heterocycles. The molecule has 0 spiro atoms. The number of carboxylic acids is 1. The van der Waals surface area contributed by atoms with Crippen LogP contribution in [-0.4, -0.2) is 42.2 Å². The number of carboxylic acid groups (broad SMARTS) is 1. The van der Waals surface area contributed by atoms with Crippen LogP contribution in [0.15, 0.2) is 18.2 Å². The van der Waals surface area contributed by atoms with Gasteiger partial charge >= 0.3 is 5.97 Å². The molecule has 1 heterocycles. The molecule has 0 saturated carbocycles. The zero-order valence-corrected chi connectivity index (χ0v) is 11.1. The Morgan fingerprint density at radius 2 is 1.95 bits per heavy atom. The molecule has 1 aliphatic carbocycles. The monoisotopic (exact) mass is 260 g/mol. The van der Waals surface area contributed by atoms with Crippen LogP contribution in [0, 0.1) is 0 Å². The molecule has 4 heteroatoms. The third-order valence-corrected chi connectivity index (χ3v) is 4.19. The molecule has 1 aromatic carbocycles. The van der Waals surface area contributed by atoms with E-state index in [1.807, 2.05) is 6.07 Å². The number of carbonyl (C=O) groups is 1. The molecule has 4 nitrogen and oxygen atoms in total. The normalized spacial score (nSPS) is 21.1. The van der Waals surface area contributed by atoms with Gasteiger partial charge in [0.05, 0.1) is 0 Å². The molecule has 1 fully saturated rings. The van der Waals surface area contributed by atoms with Gasteiger partial charge in [0.25, 0.3) is 0 Å². The van der Waals surface area contributed by atoms with Crippen LogP contribution < -0.4 is 5.32 Å². The van der Waals surface area contributed by atoms with E-state index in [9.17, 15) is 9.90 Å². The summed E-state index contributed by atoms with van der Waals surface area (Å²) in [5, 5.41) is 12.8. The predicted molar refractivity (Wildman–Crippen MR) is 73.3 cm³/mol. The third kappa shape index (κ3) is 2.51. The first-order chi connectivity index (χ1) is 9.25. The van der Waals surface area contributed by atoms with Crippen molar-refractivity contribution < 1.29 is 9.90 Å². The SMILES string of the molecule is O=C(O)C(c1ccc2c(c1)CCC2)N1CCNCC1. The molecule has 1 unspecified atom stereocenters. The van der Waals surface area contributed by atoms with Gasteiger partial charge in [-0.2, -0.15) is 0 Å². The van der Waals surface area contributed by atoms with Crippen molar-refractivity contribution in [2.75, 3.05) is 26.2 Å². The fourth-order valence-corrected chi connectivity index (χ4v) is 3.21. The summed E-state index contributed by atoms with van der Waals surface area (Å²) in [6, 6.07) is 5.75. The van der Waals surface area contributed by atoms with Crippen LogP contribution in [0.5, 0.6) is 0 Å². The summed E-state index contributed by atoms with van der Waals surface area (Å²) >= 11 is 0. The van der Waals surface area contributed by atoms with Gasteiger partial charge in [-0.15, -0.1) is 0 Å². The van der Waals surface area contributed by atoms with Gasteiger partial charge in [-0.05, 0) is 36.0 Å². The number of aliphatic carboxylic acids is 1. The summed E-state index contributed by atoms with van der Waals surface area (Å²) in [5.41, 5.74) is 3.68. The van der Waals surface area contributed by atoms with Crippen molar-refractivity contribution in [1.29, 1.82) is 0 Å². The van der Waals surface area contributed by atoms with Gasteiger partial charge < -0.3 is 10.4 Å². The van der Waals surface area contributed by atoms with Gasteiger partial charge in [-0.25, -0.2) is 0 Å². The van der Waals surface area contributed by atoms with Gasteiger partial charge in [0.2, 0.25) is 0 Å². The number of fused-ring (bicyclic) bond motifs is 1. The van der Waals surface area contributed by atoms with Crippen LogP contribution in [0.4, 0.5) is 0 Å². The lowest BCUT2D eigenvalue weighted by atomic mass is 9.99. The summed E-state index contributed by atoms with van der Waals surface area (Å²) in [6.45, 7) is 3.34. The molecule has 2 N–H and O–H groups in total. The van der Waals surface area contributed by atoms with Crippen molar-refractivity contribution in [3.63, 3.8) is 0 Å². The van der Waals surface area contributed by atoms with Crippen LogP contribution in [0.2, 0.25) is 0 Å². The van der Waals surface area contributed by atoms with E-state index < -0.39 is 12.0 Å². The number of hydrogen-bond donors (Lipinski definition) is 2. The first-order valence-corrected chi connectivity index (χ1v) is 7.05. The van der Waals surface area contributed by atoms with Crippen molar-refractivity contribution in [3.8, 4) is 0 Å². The van der Waals surface area contributed by atoms with Crippen LogP contribution in [-0.2, 0) is 17.6 Å². The Kier molecular flexibility index (Phi) is 3.53. The van der Waals surface area contributed by atoms with E-state index >= 15 is 0 Å². The van der Waals surface area contributed by atoms with Crippen LogP contribution in [0.3, 0.4) is 0 Å². The zero-order valence-electron chi connectivity index (χ0n) is 11.1. The molecule has 0 radical (unpaired) electrons. The highest BCUT2D eigenvalue weighted by atomic mass is 16.4. The van der Waals surface area contributed by atoms with E-state index in [4.69, 9.17) is 0 Å². The van der Waals surface area contributed by atoms with E-state index in [1.54, 1.807) is 0 Å². The second-order valence-corrected chi connectivity index (χ2v) is 5.41. The minimum absolute atomic E-state index is 0.493. The van der Waals surface area contributed by atoms with Gasteiger partial charge in [-0.1, -0.05) is 18.2 Å². The maximum absolute atomic E-state index is 11.6. The Hall–Kier alpha value is -1.39. The Morgan fingerprint density at radius 3 is 2.68 bits per heavy atom. The quantitative estimate of drug-likeness (QED) is 0.857. The highest BCUT2D eigenvalue weighted by Crippen LogP contribution is 2.28.